The molecule has 3 heterocycles. The van der Waals surface area contributed by atoms with Crippen molar-refractivity contribution in [1.29, 1.82) is 0 Å². The number of benzene rings is 1. The number of halogens is 1. The molecule has 0 fully saturated rings. The van der Waals surface area contributed by atoms with Crippen molar-refractivity contribution in [3.63, 3.8) is 0 Å². The summed E-state index contributed by atoms with van der Waals surface area (Å²) in [6.07, 6.45) is 3.26. The van der Waals surface area contributed by atoms with E-state index in [1.54, 1.807) is 12.3 Å². The number of nitrogens with two attached hydrogens (primary N) is 1. The molecule has 23 heavy (non-hydrogen) atoms. The third-order valence-corrected chi connectivity index (χ3v) is 4.15. The topological polar surface area (TPSA) is 100 Å². The predicted octanol–water partition coefficient (Wildman–Crippen LogP) is 3.01. The fourth-order valence-electron chi connectivity index (χ4n) is 2.83. The Hall–Kier alpha value is -2.86. The maximum atomic E-state index is 12.2. The first-order chi connectivity index (χ1) is 11.1. The summed E-state index contributed by atoms with van der Waals surface area (Å²) >= 11 is 5.98. The van der Waals surface area contributed by atoms with Crippen LogP contribution in [-0.2, 0) is 0 Å². The number of nitrogen functional groups attached to an aromatic ring is 1. The summed E-state index contributed by atoms with van der Waals surface area (Å²) in [7, 11) is 0. The molecule has 0 atom stereocenters. The maximum Gasteiger partial charge on any atom is 0.272 e. The number of anilines is 1. The van der Waals surface area contributed by atoms with Crippen LogP contribution in [0.3, 0.4) is 0 Å². The standard InChI is InChI=1S/C16H12ClN5O/c1-7-2-3-9(10-6-20-22-14(7)10)12-13(18)16(23)21-11-4-8(17)5-19-15(11)12/h2-6H,18H2,1H3,(H,20,22)(H,21,23). The van der Waals surface area contributed by atoms with Crippen LogP contribution in [0.5, 0.6) is 0 Å². The molecule has 0 saturated heterocycles. The highest BCUT2D eigenvalue weighted by Crippen LogP contribution is 2.35. The highest BCUT2D eigenvalue weighted by Gasteiger charge is 2.17. The normalized spacial score (nSPS) is 11.4. The van der Waals surface area contributed by atoms with E-state index in [2.05, 4.69) is 20.2 Å². The molecule has 0 aliphatic rings. The van der Waals surface area contributed by atoms with Gasteiger partial charge in [0.05, 0.1) is 27.8 Å². The average Bonchev–Trinajstić information content (AvgIpc) is 3.01. The Balaban J connectivity index is 2.20. The number of aryl methyl sites for hydroxylation is 1. The van der Waals surface area contributed by atoms with Crippen LogP contribution in [0.25, 0.3) is 33.1 Å². The number of nitrogens with zero attached hydrogens (tertiary/aromatic N) is 2. The molecule has 0 aliphatic heterocycles. The van der Waals surface area contributed by atoms with Gasteiger partial charge in [0.25, 0.3) is 5.56 Å². The number of hydrogen-bond donors (Lipinski definition) is 3. The molecular formula is C16H12ClN5O. The molecule has 4 aromatic rings. The number of rotatable bonds is 1. The first kappa shape index (κ1) is 13.8. The van der Waals surface area contributed by atoms with Crippen molar-refractivity contribution in [3.8, 4) is 11.1 Å². The van der Waals surface area contributed by atoms with E-state index in [0.717, 1.165) is 22.0 Å². The Morgan fingerprint density at radius 1 is 1.26 bits per heavy atom. The van der Waals surface area contributed by atoms with Gasteiger partial charge in [0, 0.05) is 17.1 Å². The van der Waals surface area contributed by atoms with Crippen molar-refractivity contribution < 1.29 is 0 Å². The molecule has 0 unspecified atom stereocenters. The smallest absolute Gasteiger partial charge is 0.272 e. The Labute approximate surface area is 135 Å². The molecule has 1 aromatic carbocycles. The number of aromatic amines is 2. The fourth-order valence-corrected chi connectivity index (χ4v) is 2.99. The van der Waals surface area contributed by atoms with Crippen molar-refractivity contribution in [2.75, 3.05) is 5.73 Å². The minimum Gasteiger partial charge on any atom is -0.394 e. The monoisotopic (exact) mass is 325 g/mol. The van der Waals surface area contributed by atoms with Gasteiger partial charge in [-0.05, 0) is 24.1 Å². The number of pyridine rings is 2. The summed E-state index contributed by atoms with van der Waals surface area (Å²) in [5.41, 5.74) is 10.3. The van der Waals surface area contributed by atoms with Crippen LogP contribution in [0, 0.1) is 6.92 Å². The molecule has 114 valence electrons. The Bertz CT molecular complexity index is 1130. The molecule has 4 rings (SSSR count). The zero-order valence-electron chi connectivity index (χ0n) is 12.1. The van der Waals surface area contributed by atoms with Crippen molar-refractivity contribution in [1.82, 2.24) is 20.2 Å². The van der Waals surface area contributed by atoms with Gasteiger partial charge in [-0.25, -0.2) is 0 Å². The van der Waals surface area contributed by atoms with E-state index >= 15 is 0 Å². The van der Waals surface area contributed by atoms with Gasteiger partial charge in [-0.2, -0.15) is 5.10 Å². The summed E-state index contributed by atoms with van der Waals surface area (Å²) in [5, 5.41) is 8.41. The number of H-pyrrole nitrogens is 2. The molecule has 4 N–H and O–H groups in total. The quantitative estimate of drug-likeness (QED) is 0.500. The lowest BCUT2D eigenvalue weighted by Crippen LogP contribution is -2.14. The van der Waals surface area contributed by atoms with E-state index in [1.165, 1.54) is 6.20 Å². The minimum atomic E-state index is -0.367. The molecule has 0 aliphatic carbocycles. The molecule has 0 bridgehead atoms. The van der Waals surface area contributed by atoms with E-state index in [-0.39, 0.29) is 11.2 Å². The second kappa shape index (κ2) is 4.82. The summed E-state index contributed by atoms with van der Waals surface area (Å²) in [5.74, 6) is 0. The molecular weight excluding hydrogens is 314 g/mol. The Kier molecular flexibility index (Phi) is 2.89. The largest absolute Gasteiger partial charge is 0.394 e. The zero-order valence-corrected chi connectivity index (χ0v) is 12.9. The number of fused-ring (bicyclic) bond motifs is 2. The van der Waals surface area contributed by atoms with Gasteiger partial charge in [0.1, 0.15) is 5.69 Å². The molecule has 0 spiro atoms. The van der Waals surface area contributed by atoms with Crippen molar-refractivity contribution >= 4 is 39.2 Å². The second-order valence-electron chi connectivity index (χ2n) is 5.38. The third-order valence-electron chi connectivity index (χ3n) is 3.95. The van der Waals surface area contributed by atoms with E-state index < -0.39 is 0 Å². The van der Waals surface area contributed by atoms with Crippen LogP contribution in [-0.4, -0.2) is 20.2 Å². The first-order valence-corrected chi connectivity index (χ1v) is 7.34. The second-order valence-corrected chi connectivity index (χ2v) is 5.82. The minimum absolute atomic E-state index is 0.124. The lowest BCUT2D eigenvalue weighted by atomic mass is 9.98. The molecule has 7 heteroatoms. The molecule has 0 saturated carbocycles. The maximum absolute atomic E-state index is 12.2. The van der Waals surface area contributed by atoms with E-state index in [4.69, 9.17) is 17.3 Å². The number of nitrogens with one attached hydrogen (secondary N) is 2. The van der Waals surface area contributed by atoms with Gasteiger partial charge in [0.15, 0.2) is 0 Å². The van der Waals surface area contributed by atoms with Crippen LogP contribution in [0.4, 0.5) is 5.69 Å². The number of hydrogen-bond acceptors (Lipinski definition) is 4. The van der Waals surface area contributed by atoms with Crippen molar-refractivity contribution in [2.24, 2.45) is 0 Å². The van der Waals surface area contributed by atoms with Gasteiger partial charge in [-0.1, -0.05) is 23.7 Å². The average molecular weight is 326 g/mol. The van der Waals surface area contributed by atoms with E-state index in [0.29, 0.717) is 21.6 Å². The lowest BCUT2D eigenvalue weighted by Gasteiger charge is -2.11. The van der Waals surface area contributed by atoms with E-state index in [1.807, 2.05) is 19.1 Å². The summed E-state index contributed by atoms with van der Waals surface area (Å²) in [6.45, 7) is 1.99. The summed E-state index contributed by atoms with van der Waals surface area (Å²) in [4.78, 5) is 19.3. The van der Waals surface area contributed by atoms with Gasteiger partial charge in [-0.15, -0.1) is 0 Å². The highest BCUT2D eigenvalue weighted by molar-refractivity contribution is 6.31. The van der Waals surface area contributed by atoms with Gasteiger partial charge < -0.3 is 10.7 Å². The van der Waals surface area contributed by atoms with Crippen LogP contribution in [0.2, 0.25) is 5.02 Å². The molecule has 0 amide bonds. The zero-order chi connectivity index (χ0) is 16.1. The van der Waals surface area contributed by atoms with Gasteiger partial charge >= 0.3 is 0 Å². The SMILES string of the molecule is Cc1ccc(-c2c(N)c(=O)[nH]c3cc(Cl)cnc23)c2cn[nH]c12. The first-order valence-electron chi connectivity index (χ1n) is 6.96. The lowest BCUT2D eigenvalue weighted by molar-refractivity contribution is 1.11. The van der Waals surface area contributed by atoms with Crippen molar-refractivity contribution in [2.45, 2.75) is 6.92 Å². The predicted molar refractivity (Wildman–Crippen MR) is 91.6 cm³/mol. The Morgan fingerprint density at radius 3 is 2.91 bits per heavy atom. The van der Waals surface area contributed by atoms with E-state index in [9.17, 15) is 4.79 Å². The van der Waals surface area contributed by atoms with Crippen LogP contribution in [0.15, 0.2) is 35.4 Å². The van der Waals surface area contributed by atoms with Crippen LogP contribution >= 0.6 is 11.6 Å². The third kappa shape index (κ3) is 1.99. The summed E-state index contributed by atoms with van der Waals surface area (Å²) < 4.78 is 0. The molecule has 0 radical (unpaired) electrons. The van der Waals surface area contributed by atoms with Gasteiger partial charge in [-0.3, -0.25) is 14.9 Å². The molecule has 6 nitrogen and oxygen atoms in total. The molecule has 3 aromatic heterocycles. The fraction of sp³-hybridized carbons (Fsp3) is 0.0625. The summed E-state index contributed by atoms with van der Waals surface area (Å²) in [6, 6.07) is 5.54. The highest BCUT2D eigenvalue weighted by atomic mass is 35.5. The van der Waals surface area contributed by atoms with Gasteiger partial charge in [0.2, 0.25) is 0 Å². The van der Waals surface area contributed by atoms with Crippen molar-refractivity contribution in [3.05, 3.63) is 51.5 Å². The Morgan fingerprint density at radius 2 is 2.09 bits per heavy atom. The number of aromatic nitrogens is 4. The van der Waals surface area contributed by atoms with Crippen LogP contribution < -0.4 is 11.3 Å². The van der Waals surface area contributed by atoms with Crippen LogP contribution in [0.1, 0.15) is 5.56 Å².